The quantitative estimate of drug-likeness (QED) is 0.524. The summed E-state index contributed by atoms with van der Waals surface area (Å²) in [5, 5.41) is 19.5. The van der Waals surface area contributed by atoms with Gasteiger partial charge < -0.3 is 10.1 Å². The van der Waals surface area contributed by atoms with Crippen LogP contribution in [0.15, 0.2) is 12.4 Å². The summed E-state index contributed by atoms with van der Waals surface area (Å²) in [5.74, 6) is 0.310. The van der Waals surface area contributed by atoms with E-state index in [0.717, 1.165) is 0 Å². The minimum absolute atomic E-state index is 0.110. The van der Waals surface area contributed by atoms with Gasteiger partial charge in [0.2, 0.25) is 5.82 Å². The van der Waals surface area contributed by atoms with Gasteiger partial charge in [0.05, 0.1) is 13.2 Å². The van der Waals surface area contributed by atoms with Crippen LogP contribution < -0.4 is 0 Å². The van der Waals surface area contributed by atoms with Gasteiger partial charge >= 0.3 is 5.82 Å². The number of aromatic nitrogens is 3. The van der Waals surface area contributed by atoms with Crippen LogP contribution in [-0.2, 0) is 7.05 Å². The minimum atomic E-state index is -0.514. The van der Waals surface area contributed by atoms with Gasteiger partial charge in [-0.1, -0.05) is 0 Å². The van der Waals surface area contributed by atoms with Crippen molar-refractivity contribution < 1.29 is 4.92 Å². The summed E-state index contributed by atoms with van der Waals surface area (Å²) in [6.07, 6.45) is 2.62. The Morgan fingerprint density at radius 1 is 1.61 bits per heavy atom. The van der Waals surface area contributed by atoms with Crippen molar-refractivity contribution in [2.45, 2.75) is 5.25 Å². The average molecular weight is 281 g/mol. The van der Waals surface area contributed by atoms with E-state index in [0.29, 0.717) is 15.7 Å². The van der Waals surface area contributed by atoms with Crippen LogP contribution in [0.25, 0.3) is 0 Å². The standard InChI is InChI=1S/C9H7N5O2S2/c1-13-6(14(15)16)4-11-8(13)7(17)9-12-3-5(2-10)18-9/h3-4,7,17H,1H3. The number of nitro groups is 1. The van der Waals surface area contributed by atoms with Gasteiger partial charge in [-0.15, -0.1) is 11.3 Å². The van der Waals surface area contributed by atoms with E-state index in [2.05, 4.69) is 22.6 Å². The maximum absolute atomic E-state index is 10.7. The van der Waals surface area contributed by atoms with Crippen molar-refractivity contribution in [3.05, 3.63) is 38.2 Å². The lowest BCUT2D eigenvalue weighted by molar-refractivity contribution is -0.391. The number of imidazole rings is 1. The normalized spacial score (nSPS) is 12.1. The van der Waals surface area contributed by atoms with Gasteiger partial charge in [-0.05, 0) is 4.92 Å². The Morgan fingerprint density at radius 3 is 2.83 bits per heavy atom. The second-order valence-corrected chi connectivity index (χ2v) is 4.95. The Balaban J connectivity index is 2.37. The molecule has 92 valence electrons. The second kappa shape index (κ2) is 4.75. The van der Waals surface area contributed by atoms with Crippen LogP contribution in [0.4, 0.5) is 5.82 Å². The van der Waals surface area contributed by atoms with Crippen LogP contribution >= 0.6 is 24.0 Å². The van der Waals surface area contributed by atoms with Crippen LogP contribution in [0.3, 0.4) is 0 Å². The summed E-state index contributed by atoms with van der Waals surface area (Å²) in [5.41, 5.74) is 0. The molecule has 0 aromatic carbocycles. The van der Waals surface area contributed by atoms with Crippen molar-refractivity contribution in [1.82, 2.24) is 14.5 Å². The zero-order valence-corrected chi connectivity index (χ0v) is 10.9. The van der Waals surface area contributed by atoms with Crippen molar-refractivity contribution >= 4 is 29.8 Å². The molecule has 0 saturated carbocycles. The molecule has 0 aliphatic rings. The third kappa shape index (κ3) is 2.07. The van der Waals surface area contributed by atoms with Crippen molar-refractivity contribution in [3.63, 3.8) is 0 Å². The molecule has 0 N–H and O–H groups in total. The predicted octanol–water partition coefficient (Wildman–Crippen LogP) is 1.68. The molecular weight excluding hydrogens is 274 g/mol. The van der Waals surface area contributed by atoms with Gasteiger partial charge in [0.25, 0.3) is 0 Å². The number of nitriles is 1. The van der Waals surface area contributed by atoms with E-state index in [1.807, 2.05) is 6.07 Å². The smallest absolute Gasteiger partial charge is 0.342 e. The fourth-order valence-electron chi connectivity index (χ4n) is 1.41. The summed E-state index contributed by atoms with van der Waals surface area (Å²) >= 11 is 5.54. The summed E-state index contributed by atoms with van der Waals surface area (Å²) in [4.78, 5) is 18.7. The first-order chi connectivity index (χ1) is 8.54. The summed E-state index contributed by atoms with van der Waals surface area (Å²) in [7, 11) is 1.54. The van der Waals surface area contributed by atoms with E-state index in [-0.39, 0.29) is 5.82 Å². The molecule has 0 bridgehead atoms. The molecule has 0 radical (unpaired) electrons. The van der Waals surface area contributed by atoms with Crippen LogP contribution in [0.1, 0.15) is 21.0 Å². The molecule has 0 aliphatic carbocycles. The molecule has 7 nitrogen and oxygen atoms in total. The van der Waals surface area contributed by atoms with Gasteiger partial charge in [-0.25, -0.2) is 14.5 Å². The Kier molecular flexibility index (Phi) is 3.31. The van der Waals surface area contributed by atoms with E-state index < -0.39 is 10.2 Å². The molecule has 2 aromatic rings. The Labute approximate surface area is 111 Å². The number of thiazole rings is 1. The zero-order valence-electron chi connectivity index (χ0n) is 9.14. The molecule has 1 unspecified atom stereocenters. The van der Waals surface area contributed by atoms with Crippen molar-refractivity contribution in [1.29, 1.82) is 5.26 Å². The third-order valence-electron chi connectivity index (χ3n) is 2.30. The molecule has 2 rings (SSSR count). The topological polar surface area (TPSA) is 97.6 Å². The van der Waals surface area contributed by atoms with Crippen molar-refractivity contribution in [3.8, 4) is 6.07 Å². The zero-order chi connectivity index (χ0) is 13.3. The highest BCUT2D eigenvalue weighted by Crippen LogP contribution is 2.31. The van der Waals surface area contributed by atoms with Crippen molar-refractivity contribution in [2.75, 3.05) is 0 Å². The highest BCUT2D eigenvalue weighted by molar-refractivity contribution is 7.80. The average Bonchev–Trinajstić information content (AvgIpc) is 2.94. The molecular formula is C9H7N5O2S2. The first-order valence-corrected chi connectivity index (χ1v) is 6.07. The Bertz CT molecular complexity index is 642. The van der Waals surface area contributed by atoms with Crippen LogP contribution in [0.5, 0.6) is 0 Å². The number of thiol groups is 1. The first-order valence-electron chi connectivity index (χ1n) is 4.74. The first kappa shape index (κ1) is 12.5. The number of hydrogen-bond acceptors (Lipinski definition) is 7. The molecule has 2 heterocycles. The highest BCUT2D eigenvalue weighted by Gasteiger charge is 2.25. The third-order valence-corrected chi connectivity index (χ3v) is 3.92. The van der Waals surface area contributed by atoms with Crippen LogP contribution in [0, 0.1) is 21.4 Å². The van der Waals surface area contributed by atoms with Gasteiger partial charge in [-0.2, -0.15) is 17.9 Å². The molecule has 18 heavy (non-hydrogen) atoms. The van der Waals surface area contributed by atoms with E-state index >= 15 is 0 Å². The van der Waals surface area contributed by atoms with Gasteiger partial charge in [0.15, 0.2) is 0 Å². The Morgan fingerprint density at radius 2 is 2.33 bits per heavy atom. The summed E-state index contributed by atoms with van der Waals surface area (Å²) in [6, 6.07) is 1.98. The largest absolute Gasteiger partial charge is 0.358 e. The van der Waals surface area contributed by atoms with Crippen molar-refractivity contribution in [2.24, 2.45) is 7.05 Å². The fraction of sp³-hybridized carbons (Fsp3) is 0.222. The fourth-order valence-corrected chi connectivity index (χ4v) is 2.58. The summed E-state index contributed by atoms with van der Waals surface area (Å²) in [6.45, 7) is 0. The van der Waals surface area contributed by atoms with E-state index in [1.54, 1.807) is 7.05 Å². The molecule has 0 aliphatic heterocycles. The maximum atomic E-state index is 10.7. The van der Waals surface area contributed by atoms with Gasteiger partial charge in [0.1, 0.15) is 27.4 Å². The van der Waals surface area contributed by atoms with Gasteiger partial charge in [-0.3, -0.25) is 0 Å². The molecule has 2 aromatic heterocycles. The highest BCUT2D eigenvalue weighted by atomic mass is 32.1. The van der Waals surface area contributed by atoms with E-state index in [9.17, 15) is 10.1 Å². The SMILES string of the molecule is Cn1c([N+](=O)[O-])cnc1C(S)c1ncc(C#N)s1. The minimum Gasteiger partial charge on any atom is -0.358 e. The second-order valence-electron chi connectivity index (χ2n) is 3.37. The van der Waals surface area contributed by atoms with E-state index in [4.69, 9.17) is 5.26 Å². The number of rotatable bonds is 3. The number of nitrogens with zero attached hydrogens (tertiary/aromatic N) is 5. The molecule has 0 fully saturated rings. The van der Waals surface area contributed by atoms with E-state index in [1.165, 1.54) is 28.3 Å². The lowest BCUT2D eigenvalue weighted by atomic mass is 10.4. The molecule has 9 heteroatoms. The monoisotopic (exact) mass is 281 g/mol. The lowest BCUT2D eigenvalue weighted by Gasteiger charge is -2.03. The summed E-state index contributed by atoms with van der Waals surface area (Å²) < 4.78 is 1.35. The number of hydrogen-bond donors (Lipinski definition) is 1. The molecule has 1 atom stereocenters. The maximum Gasteiger partial charge on any atom is 0.342 e. The van der Waals surface area contributed by atoms with Crippen LogP contribution in [0.2, 0.25) is 0 Å². The van der Waals surface area contributed by atoms with Gasteiger partial charge in [0, 0.05) is 0 Å². The predicted molar refractivity (Wildman–Crippen MR) is 67.5 cm³/mol. The lowest BCUT2D eigenvalue weighted by Crippen LogP contribution is -2.05. The molecule has 0 spiro atoms. The van der Waals surface area contributed by atoms with Crippen LogP contribution in [-0.4, -0.2) is 19.5 Å². The Hall–Kier alpha value is -1.92. The molecule has 0 saturated heterocycles. The molecule has 0 amide bonds.